The lowest BCUT2D eigenvalue weighted by Gasteiger charge is -2.39. The molecular formula is C17H26N2O3. The Morgan fingerprint density at radius 2 is 2.05 bits per heavy atom. The Bertz CT molecular complexity index is 521. The van der Waals surface area contributed by atoms with Gasteiger partial charge in [-0.3, -0.25) is 0 Å². The highest BCUT2D eigenvalue weighted by Crippen LogP contribution is 2.36. The summed E-state index contributed by atoms with van der Waals surface area (Å²) in [7, 11) is 0. The Balaban J connectivity index is 1.70. The van der Waals surface area contributed by atoms with Crippen molar-refractivity contribution in [2.45, 2.75) is 38.8 Å². The molecule has 2 heterocycles. The number of anilines is 1. The van der Waals surface area contributed by atoms with E-state index in [0.717, 1.165) is 43.1 Å². The molecule has 5 nitrogen and oxygen atoms in total. The number of nitrogens with zero attached hydrogens (tertiary/aromatic N) is 1. The number of aliphatic hydroxyl groups excluding tert-OH is 1. The third-order valence-corrected chi connectivity index (χ3v) is 4.64. The average Bonchev–Trinajstić information content (AvgIpc) is 2.93. The van der Waals surface area contributed by atoms with Gasteiger partial charge in [0.15, 0.2) is 11.5 Å². The zero-order chi connectivity index (χ0) is 15.7. The zero-order valence-corrected chi connectivity index (χ0v) is 13.4. The molecule has 1 aromatic carbocycles. The molecule has 2 aliphatic heterocycles. The fraction of sp³-hybridized carbons (Fsp3) is 0.647. The van der Waals surface area contributed by atoms with Gasteiger partial charge in [0.2, 0.25) is 6.79 Å². The minimum absolute atomic E-state index is 0.142. The van der Waals surface area contributed by atoms with Crippen LogP contribution in [0.3, 0.4) is 0 Å². The van der Waals surface area contributed by atoms with Crippen LogP contribution in [0.15, 0.2) is 18.2 Å². The highest BCUT2D eigenvalue weighted by molar-refractivity contribution is 5.57. The molecule has 0 saturated carbocycles. The highest BCUT2D eigenvalue weighted by Gasteiger charge is 2.28. The van der Waals surface area contributed by atoms with Crippen molar-refractivity contribution in [1.29, 1.82) is 0 Å². The van der Waals surface area contributed by atoms with Gasteiger partial charge in [-0.15, -0.1) is 0 Å². The van der Waals surface area contributed by atoms with E-state index in [9.17, 15) is 5.11 Å². The van der Waals surface area contributed by atoms with Gasteiger partial charge in [-0.05, 0) is 36.8 Å². The fourth-order valence-corrected chi connectivity index (χ4v) is 3.32. The van der Waals surface area contributed by atoms with E-state index in [2.05, 4.69) is 24.8 Å². The van der Waals surface area contributed by atoms with Gasteiger partial charge in [0.25, 0.3) is 0 Å². The van der Waals surface area contributed by atoms with Crippen LogP contribution in [0.4, 0.5) is 5.69 Å². The smallest absolute Gasteiger partial charge is 0.231 e. The van der Waals surface area contributed by atoms with Crippen LogP contribution in [0.1, 0.15) is 26.7 Å². The number of rotatable bonds is 4. The van der Waals surface area contributed by atoms with E-state index in [1.807, 2.05) is 12.1 Å². The molecule has 0 bridgehead atoms. The standard InChI is InChI=1S/C17H26N2O3/c1-11(2)15(20)6-12-5-13(18)9-19(8-12)14-3-4-16-17(7-14)22-10-21-16/h3-4,7,11-13,15,20H,5-6,8-10,18H2,1-2H3. The molecule has 0 amide bonds. The normalized spacial score (nSPS) is 25.6. The molecular weight excluding hydrogens is 280 g/mol. The molecule has 3 rings (SSSR count). The molecule has 0 radical (unpaired) electrons. The van der Waals surface area contributed by atoms with Gasteiger partial charge >= 0.3 is 0 Å². The van der Waals surface area contributed by atoms with Crippen molar-refractivity contribution in [2.24, 2.45) is 17.6 Å². The maximum atomic E-state index is 10.2. The summed E-state index contributed by atoms with van der Waals surface area (Å²) in [4.78, 5) is 2.30. The number of fused-ring (bicyclic) bond motifs is 1. The van der Waals surface area contributed by atoms with E-state index in [1.54, 1.807) is 0 Å². The van der Waals surface area contributed by atoms with E-state index >= 15 is 0 Å². The summed E-state index contributed by atoms with van der Waals surface area (Å²) < 4.78 is 10.8. The molecule has 1 saturated heterocycles. The molecule has 1 aromatic rings. The number of nitrogens with two attached hydrogens (primary N) is 1. The van der Waals surface area contributed by atoms with Crippen molar-refractivity contribution in [1.82, 2.24) is 0 Å². The van der Waals surface area contributed by atoms with Gasteiger partial charge in [0, 0.05) is 30.9 Å². The fourth-order valence-electron chi connectivity index (χ4n) is 3.32. The van der Waals surface area contributed by atoms with Crippen molar-refractivity contribution in [3.8, 4) is 11.5 Å². The van der Waals surface area contributed by atoms with Crippen LogP contribution in [0.2, 0.25) is 0 Å². The van der Waals surface area contributed by atoms with E-state index in [-0.39, 0.29) is 18.1 Å². The predicted molar refractivity (Wildman–Crippen MR) is 86.3 cm³/mol. The summed E-state index contributed by atoms with van der Waals surface area (Å²) in [6.45, 7) is 6.18. The largest absolute Gasteiger partial charge is 0.454 e. The number of ether oxygens (including phenoxy) is 2. The van der Waals surface area contributed by atoms with Crippen LogP contribution in [0.5, 0.6) is 11.5 Å². The Labute approximate surface area is 132 Å². The maximum absolute atomic E-state index is 10.2. The van der Waals surface area contributed by atoms with Crippen molar-refractivity contribution in [3.05, 3.63) is 18.2 Å². The molecule has 5 heteroatoms. The second-order valence-corrected chi connectivity index (χ2v) is 6.85. The first-order valence-electron chi connectivity index (χ1n) is 8.11. The first-order chi connectivity index (χ1) is 10.5. The molecule has 122 valence electrons. The third-order valence-electron chi connectivity index (χ3n) is 4.64. The Kier molecular flexibility index (Phi) is 4.45. The number of aliphatic hydroxyl groups is 1. The van der Waals surface area contributed by atoms with Crippen molar-refractivity contribution in [3.63, 3.8) is 0 Å². The van der Waals surface area contributed by atoms with Crippen LogP contribution < -0.4 is 20.1 Å². The SMILES string of the molecule is CC(C)C(O)CC1CC(N)CN(c2ccc3c(c2)OCO3)C1. The monoisotopic (exact) mass is 306 g/mol. The lowest BCUT2D eigenvalue weighted by molar-refractivity contribution is 0.0922. The van der Waals surface area contributed by atoms with E-state index in [1.165, 1.54) is 0 Å². The maximum Gasteiger partial charge on any atom is 0.231 e. The van der Waals surface area contributed by atoms with E-state index in [0.29, 0.717) is 12.7 Å². The Morgan fingerprint density at radius 3 is 2.82 bits per heavy atom. The summed E-state index contributed by atoms with van der Waals surface area (Å²) in [5.74, 6) is 2.32. The van der Waals surface area contributed by atoms with Gasteiger partial charge in [0.05, 0.1) is 6.10 Å². The van der Waals surface area contributed by atoms with Crippen LogP contribution in [-0.4, -0.2) is 37.1 Å². The minimum atomic E-state index is -0.256. The van der Waals surface area contributed by atoms with Gasteiger partial charge < -0.3 is 25.2 Å². The summed E-state index contributed by atoms with van der Waals surface area (Å²) in [5, 5.41) is 10.2. The number of piperidine rings is 1. The van der Waals surface area contributed by atoms with Crippen molar-refractivity contribution < 1.29 is 14.6 Å². The quantitative estimate of drug-likeness (QED) is 0.890. The number of hydrogen-bond donors (Lipinski definition) is 2. The minimum Gasteiger partial charge on any atom is -0.454 e. The molecule has 0 spiro atoms. The van der Waals surface area contributed by atoms with Crippen LogP contribution in [-0.2, 0) is 0 Å². The molecule has 3 atom stereocenters. The summed E-state index contributed by atoms with van der Waals surface area (Å²) >= 11 is 0. The van der Waals surface area contributed by atoms with Crippen LogP contribution in [0, 0.1) is 11.8 Å². The third kappa shape index (κ3) is 3.31. The number of benzene rings is 1. The van der Waals surface area contributed by atoms with Gasteiger partial charge in [0.1, 0.15) is 0 Å². The molecule has 1 fully saturated rings. The lowest BCUT2D eigenvalue weighted by Crippen LogP contribution is -2.48. The van der Waals surface area contributed by atoms with Gasteiger partial charge in [-0.1, -0.05) is 13.8 Å². The van der Waals surface area contributed by atoms with Crippen LogP contribution >= 0.6 is 0 Å². The summed E-state index contributed by atoms with van der Waals surface area (Å²) in [5.41, 5.74) is 7.35. The molecule has 3 unspecified atom stereocenters. The second kappa shape index (κ2) is 6.34. The Morgan fingerprint density at radius 1 is 1.27 bits per heavy atom. The molecule has 22 heavy (non-hydrogen) atoms. The van der Waals surface area contributed by atoms with E-state index < -0.39 is 0 Å². The Hall–Kier alpha value is -1.46. The molecule has 0 aliphatic carbocycles. The first-order valence-corrected chi connectivity index (χ1v) is 8.11. The van der Waals surface area contributed by atoms with Gasteiger partial charge in [-0.25, -0.2) is 0 Å². The second-order valence-electron chi connectivity index (χ2n) is 6.85. The first kappa shape index (κ1) is 15.4. The highest BCUT2D eigenvalue weighted by atomic mass is 16.7. The van der Waals surface area contributed by atoms with Crippen LogP contribution in [0.25, 0.3) is 0 Å². The molecule has 2 aliphatic rings. The lowest BCUT2D eigenvalue weighted by atomic mass is 9.87. The topological polar surface area (TPSA) is 68.0 Å². The molecule has 3 N–H and O–H groups in total. The van der Waals surface area contributed by atoms with E-state index in [4.69, 9.17) is 15.2 Å². The summed E-state index contributed by atoms with van der Waals surface area (Å²) in [6, 6.07) is 6.18. The summed E-state index contributed by atoms with van der Waals surface area (Å²) in [6.07, 6.45) is 1.53. The zero-order valence-electron chi connectivity index (χ0n) is 13.4. The van der Waals surface area contributed by atoms with Crippen molar-refractivity contribution in [2.75, 3.05) is 24.8 Å². The number of hydrogen-bond acceptors (Lipinski definition) is 5. The predicted octanol–water partition coefficient (Wildman–Crippen LogP) is 1.98. The van der Waals surface area contributed by atoms with Crippen molar-refractivity contribution >= 4 is 5.69 Å². The van der Waals surface area contributed by atoms with Gasteiger partial charge in [-0.2, -0.15) is 0 Å². The molecule has 0 aromatic heterocycles. The average molecular weight is 306 g/mol.